The fourth-order valence-corrected chi connectivity index (χ4v) is 2.38. The number of imidazole rings is 1. The summed E-state index contributed by atoms with van der Waals surface area (Å²) in [7, 11) is 1.59. The predicted octanol–water partition coefficient (Wildman–Crippen LogP) is 2.72. The van der Waals surface area contributed by atoms with E-state index in [9.17, 15) is 9.50 Å². The molecule has 1 heterocycles. The molecule has 4 nitrogen and oxygen atoms in total. The summed E-state index contributed by atoms with van der Waals surface area (Å²) >= 11 is 0. The standard InChI is InChI=1S/C16H15FN2O2/c1-21-12-6-7-15-14(8-12)18-16(10-20)19(15)9-11-4-2-3-5-13(11)17/h2-8,20H,9-10H2,1H3. The van der Waals surface area contributed by atoms with Gasteiger partial charge in [0.15, 0.2) is 0 Å². The minimum Gasteiger partial charge on any atom is -0.497 e. The third-order valence-corrected chi connectivity index (χ3v) is 3.46. The fourth-order valence-electron chi connectivity index (χ4n) is 2.38. The van der Waals surface area contributed by atoms with E-state index in [1.807, 2.05) is 16.7 Å². The zero-order valence-corrected chi connectivity index (χ0v) is 11.6. The van der Waals surface area contributed by atoms with Crippen LogP contribution in [-0.2, 0) is 13.2 Å². The topological polar surface area (TPSA) is 47.3 Å². The van der Waals surface area contributed by atoms with Crippen molar-refractivity contribution in [2.24, 2.45) is 0 Å². The number of aliphatic hydroxyl groups is 1. The van der Waals surface area contributed by atoms with Crippen molar-refractivity contribution < 1.29 is 14.2 Å². The summed E-state index contributed by atoms with van der Waals surface area (Å²) < 4.78 is 20.8. The van der Waals surface area contributed by atoms with Gasteiger partial charge in [-0.1, -0.05) is 18.2 Å². The van der Waals surface area contributed by atoms with E-state index in [2.05, 4.69) is 4.98 Å². The average molecular weight is 286 g/mol. The van der Waals surface area contributed by atoms with Gasteiger partial charge in [0.05, 0.1) is 24.7 Å². The van der Waals surface area contributed by atoms with Crippen molar-refractivity contribution in [1.29, 1.82) is 0 Å². The Morgan fingerprint density at radius 3 is 2.76 bits per heavy atom. The minimum absolute atomic E-state index is 0.203. The molecule has 0 saturated heterocycles. The van der Waals surface area contributed by atoms with Gasteiger partial charge >= 0.3 is 0 Å². The first-order chi connectivity index (χ1) is 10.2. The maximum Gasteiger partial charge on any atom is 0.136 e. The number of hydrogen-bond acceptors (Lipinski definition) is 3. The maximum atomic E-state index is 13.8. The van der Waals surface area contributed by atoms with Gasteiger partial charge in [-0.3, -0.25) is 0 Å². The molecule has 0 atom stereocenters. The van der Waals surface area contributed by atoms with Gasteiger partial charge in [0.25, 0.3) is 0 Å². The van der Waals surface area contributed by atoms with Gasteiger partial charge < -0.3 is 14.4 Å². The summed E-state index contributed by atoms with van der Waals surface area (Å²) in [4.78, 5) is 4.38. The van der Waals surface area contributed by atoms with Gasteiger partial charge in [0, 0.05) is 11.6 Å². The highest BCUT2D eigenvalue weighted by molar-refractivity contribution is 5.78. The number of hydrogen-bond donors (Lipinski definition) is 1. The predicted molar refractivity (Wildman–Crippen MR) is 77.7 cm³/mol. The SMILES string of the molecule is COc1ccc2c(c1)nc(CO)n2Cc1ccccc1F. The molecule has 0 radical (unpaired) electrons. The van der Waals surface area contributed by atoms with Crippen LogP contribution in [0.3, 0.4) is 0 Å². The average Bonchev–Trinajstić information content (AvgIpc) is 2.86. The second kappa shape index (κ2) is 5.54. The van der Waals surface area contributed by atoms with Crippen LogP contribution < -0.4 is 4.74 Å². The largest absolute Gasteiger partial charge is 0.497 e. The van der Waals surface area contributed by atoms with E-state index in [4.69, 9.17) is 4.74 Å². The monoisotopic (exact) mass is 286 g/mol. The van der Waals surface area contributed by atoms with Crippen LogP contribution in [0.15, 0.2) is 42.5 Å². The number of ether oxygens (including phenoxy) is 1. The highest BCUT2D eigenvalue weighted by Gasteiger charge is 2.12. The Balaban J connectivity index is 2.10. The molecule has 0 aliphatic heterocycles. The first kappa shape index (κ1) is 13.6. The van der Waals surface area contributed by atoms with Crippen LogP contribution in [0.5, 0.6) is 5.75 Å². The molecule has 3 aromatic rings. The van der Waals surface area contributed by atoms with Crippen LogP contribution >= 0.6 is 0 Å². The normalized spacial score (nSPS) is 11.0. The molecular weight excluding hydrogens is 271 g/mol. The Hall–Kier alpha value is -2.40. The highest BCUT2D eigenvalue weighted by Crippen LogP contribution is 2.23. The molecule has 0 aliphatic rings. The van der Waals surface area contributed by atoms with Gasteiger partial charge in [-0.25, -0.2) is 9.37 Å². The third-order valence-electron chi connectivity index (χ3n) is 3.46. The first-order valence-corrected chi connectivity index (χ1v) is 6.60. The van der Waals surface area contributed by atoms with E-state index in [0.29, 0.717) is 23.7 Å². The second-order valence-electron chi connectivity index (χ2n) is 4.72. The third kappa shape index (κ3) is 2.48. The van der Waals surface area contributed by atoms with E-state index >= 15 is 0 Å². The van der Waals surface area contributed by atoms with Crippen LogP contribution in [-0.4, -0.2) is 21.8 Å². The number of aromatic nitrogens is 2. The molecule has 0 bridgehead atoms. The Morgan fingerprint density at radius 2 is 2.05 bits per heavy atom. The van der Waals surface area contributed by atoms with Crippen molar-refractivity contribution in [1.82, 2.24) is 9.55 Å². The Kier molecular flexibility index (Phi) is 3.58. The molecule has 1 aromatic heterocycles. The molecule has 21 heavy (non-hydrogen) atoms. The summed E-state index contributed by atoms with van der Waals surface area (Å²) in [5.41, 5.74) is 2.11. The van der Waals surface area contributed by atoms with E-state index in [1.165, 1.54) is 6.07 Å². The molecule has 0 saturated carbocycles. The number of methoxy groups -OCH3 is 1. The van der Waals surface area contributed by atoms with Gasteiger partial charge in [-0.15, -0.1) is 0 Å². The summed E-state index contributed by atoms with van der Waals surface area (Å²) in [6.07, 6.45) is 0. The number of benzene rings is 2. The number of rotatable bonds is 4. The van der Waals surface area contributed by atoms with Crippen LogP contribution in [0.2, 0.25) is 0 Å². The maximum absolute atomic E-state index is 13.8. The zero-order chi connectivity index (χ0) is 14.8. The second-order valence-corrected chi connectivity index (χ2v) is 4.72. The lowest BCUT2D eigenvalue weighted by atomic mass is 10.2. The fraction of sp³-hybridized carbons (Fsp3) is 0.188. The van der Waals surface area contributed by atoms with Crippen LogP contribution in [0.1, 0.15) is 11.4 Å². The van der Waals surface area contributed by atoms with Crippen molar-refractivity contribution in [2.45, 2.75) is 13.2 Å². The quantitative estimate of drug-likeness (QED) is 0.802. The van der Waals surface area contributed by atoms with E-state index in [-0.39, 0.29) is 12.4 Å². The van der Waals surface area contributed by atoms with Crippen molar-refractivity contribution in [3.63, 3.8) is 0 Å². The lowest BCUT2D eigenvalue weighted by Gasteiger charge is -2.09. The molecule has 0 amide bonds. The zero-order valence-electron chi connectivity index (χ0n) is 11.6. The molecule has 0 fully saturated rings. The number of halogens is 1. The van der Waals surface area contributed by atoms with Crippen LogP contribution in [0, 0.1) is 5.82 Å². The van der Waals surface area contributed by atoms with Crippen molar-refractivity contribution in [3.05, 3.63) is 59.7 Å². The van der Waals surface area contributed by atoms with E-state index in [1.54, 1.807) is 31.4 Å². The molecule has 3 rings (SSSR count). The van der Waals surface area contributed by atoms with Gasteiger partial charge in [0.1, 0.15) is 24.0 Å². The lowest BCUT2D eigenvalue weighted by Crippen LogP contribution is -2.06. The Morgan fingerprint density at radius 1 is 1.24 bits per heavy atom. The summed E-state index contributed by atoms with van der Waals surface area (Å²) in [6.45, 7) is 0.122. The number of fused-ring (bicyclic) bond motifs is 1. The summed E-state index contributed by atoms with van der Waals surface area (Å²) in [6, 6.07) is 12.1. The Bertz CT molecular complexity index is 783. The van der Waals surface area contributed by atoms with Crippen LogP contribution in [0.4, 0.5) is 4.39 Å². The lowest BCUT2D eigenvalue weighted by molar-refractivity contribution is 0.267. The minimum atomic E-state index is -0.267. The molecule has 5 heteroatoms. The summed E-state index contributed by atoms with van der Waals surface area (Å²) in [5.74, 6) is 0.931. The van der Waals surface area contributed by atoms with Crippen molar-refractivity contribution in [2.75, 3.05) is 7.11 Å². The van der Waals surface area contributed by atoms with Crippen molar-refractivity contribution in [3.8, 4) is 5.75 Å². The van der Waals surface area contributed by atoms with Crippen molar-refractivity contribution >= 4 is 11.0 Å². The number of aliphatic hydroxyl groups excluding tert-OH is 1. The molecule has 0 aliphatic carbocycles. The molecule has 0 spiro atoms. The molecule has 1 N–H and O–H groups in total. The van der Waals surface area contributed by atoms with Crippen LogP contribution in [0.25, 0.3) is 11.0 Å². The summed E-state index contributed by atoms with van der Waals surface area (Å²) in [5, 5.41) is 9.48. The van der Waals surface area contributed by atoms with Gasteiger partial charge in [-0.2, -0.15) is 0 Å². The number of nitrogens with zero attached hydrogens (tertiary/aromatic N) is 2. The van der Waals surface area contributed by atoms with Gasteiger partial charge in [-0.05, 0) is 18.2 Å². The first-order valence-electron chi connectivity index (χ1n) is 6.60. The Labute approximate surface area is 121 Å². The highest BCUT2D eigenvalue weighted by atomic mass is 19.1. The molecule has 108 valence electrons. The smallest absolute Gasteiger partial charge is 0.136 e. The molecule has 2 aromatic carbocycles. The molecular formula is C16H15FN2O2. The van der Waals surface area contributed by atoms with E-state index in [0.717, 1.165) is 11.0 Å². The molecule has 0 unspecified atom stereocenters. The van der Waals surface area contributed by atoms with Gasteiger partial charge in [0.2, 0.25) is 0 Å². The van der Waals surface area contributed by atoms with E-state index < -0.39 is 0 Å².